The van der Waals surface area contributed by atoms with Crippen molar-refractivity contribution in [3.8, 4) is 0 Å². The Bertz CT molecular complexity index is 706. The Morgan fingerprint density at radius 3 is 2.73 bits per heavy atom. The first kappa shape index (κ1) is 14.9. The molecule has 0 saturated carbocycles. The second-order valence-corrected chi connectivity index (χ2v) is 5.92. The topological polar surface area (TPSA) is 62.7 Å². The minimum absolute atomic E-state index is 0.389. The molecule has 0 unspecified atom stereocenters. The number of hydrogen-bond acceptors (Lipinski definition) is 5. The lowest BCUT2D eigenvalue weighted by Crippen LogP contribution is -2.40. The zero-order valence-corrected chi connectivity index (χ0v) is 12.9. The van der Waals surface area contributed by atoms with Gasteiger partial charge in [0.05, 0.1) is 23.8 Å². The van der Waals surface area contributed by atoms with E-state index in [4.69, 9.17) is 4.74 Å². The second-order valence-electron chi connectivity index (χ2n) is 5.92. The normalized spacial score (nSPS) is 18.3. The largest absolute Gasteiger partial charge is 0.465 e. The Balaban J connectivity index is 2.07. The number of likely N-dealkylation sites (tertiary alicyclic amines) is 1. The molecule has 5 nitrogen and oxygen atoms in total. The van der Waals surface area contributed by atoms with E-state index in [9.17, 15) is 9.90 Å². The first-order valence-electron chi connectivity index (χ1n) is 7.42. The Labute approximate surface area is 129 Å². The van der Waals surface area contributed by atoms with Crippen LogP contribution in [0.15, 0.2) is 30.5 Å². The smallest absolute Gasteiger partial charge is 0.338 e. The van der Waals surface area contributed by atoms with Gasteiger partial charge in [-0.25, -0.2) is 4.79 Å². The van der Waals surface area contributed by atoms with E-state index in [-0.39, 0.29) is 5.97 Å². The summed E-state index contributed by atoms with van der Waals surface area (Å²) in [5, 5.41) is 11.7. The number of nitrogens with zero attached hydrogens (tertiary/aromatic N) is 2. The van der Waals surface area contributed by atoms with Crippen LogP contribution in [0.5, 0.6) is 0 Å². The van der Waals surface area contributed by atoms with Crippen molar-refractivity contribution in [1.29, 1.82) is 0 Å². The van der Waals surface area contributed by atoms with Gasteiger partial charge in [0, 0.05) is 24.7 Å². The third-order valence-corrected chi connectivity index (χ3v) is 4.50. The van der Waals surface area contributed by atoms with Gasteiger partial charge in [-0.1, -0.05) is 6.07 Å². The quantitative estimate of drug-likeness (QED) is 0.859. The fraction of sp³-hybridized carbons (Fsp3) is 0.412. The van der Waals surface area contributed by atoms with E-state index in [1.165, 1.54) is 7.11 Å². The summed E-state index contributed by atoms with van der Waals surface area (Å²) >= 11 is 0. The number of hydrogen-bond donors (Lipinski definition) is 1. The van der Waals surface area contributed by atoms with Gasteiger partial charge in [0.25, 0.3) is 0 Å². The van der Waals surface area contributed by atoms with Crippen molar-refractivity contribution < 1.29 is 14.6 Å². The van der Waals surface area contributed by atoms with Gasteiger partial charge in [-0.05, 0) is 43.7 Å². The SMILES string of the molecule is COC(=O)c1ccnc2ccc(C3(O)CCN(C)CC3)cc12. The number of rotatable bonds is 2. The van der Waals surface area contributed by atoms with Gasteiger partial charge >= 0.3 is 5.97 Å². The Kier molecular flexibility index (Phi) is 3.85. The van der Waals surface area contributed by atoms with Crippen molar-refractivity contribution in [3.05, 3.63) is 41.6 Å². The van der Waals surface area contributed by atoms with Crippen LogP contribution in [0.2, 0.25) is 0 Å². The highest BCUT2D eigenvalue weighted by atomic mass is 16.5. The van der Waals surface area contributed by atoms with Gasteiger partial charge < -0.3 is 14.7 Å². The van der Waals surface area contributed by atoms with Crippen LogP contribution in [0.25, 0.3) is 10.9 Å². The molecule has 0 spiro atoms. The minimum atomic E-state index is -0.843. The Hall–Kier alpha value is -1.98. The van der Waals surface area contributed by atoms with Gasteiger partial charge in [-0.15, -0.1) is 0 Å². The molecule has 1 fully saturated rings. The Morgan fingerprint density at radius 2 is 2.05 bits per heavy atom. The van der Waals surface area contributed by atoms with Crippen molar-refractivity contribution >= 4 is 16.9 Å². The summed E-state index contributed by atoms with van der Waals surface area (Å²) in [6.45, 7) is 1.71. The van der Waals surface area contributed by atoms with Crippen LogP contribution in [-0.2, 0) is 10.3 Å². The predicted molar refractivity (Wildman–Crippen MR) is 83.7 cm³/mol. The summed E-state index contributed by atoms with van der Waals surface area (Å²) in [5.41, 5.74) is 1.20. The maximum Gasteiger partial charge on any atom is 0.338 e. The van der Waals surface area contributed by atoms with Crippen molar-refractivity contribution in [2.75, 3.05) is 27.2 Å². The molecule has 22 heavy (non-hydrogen) atoms. The zero-order chi connectivity index (χ0) is 15.7. The van der Waals surface area contributed by atoms with Crippen molar-refractivity contribution in [1.82, 2.24) is 9.88 Å². The number of ether oxygens (including phenoxy) is 1. The van der Waals surface area contributed by atoms with Crippen molar-refractivity contribution in [2.45, 2.75) is 18.4 Å². The second kappa shape index (κ2) is 5.66. The molecule has 1 aliphatic heterocycles. The third-order valence-electron chi connectivity index (χ3n) is 4.50. The molecular formula is C17H20N2O3. The average Bonchev–Trinajstić information content (AvgIpc) is 2.56. The highest BCUT2D eigenvalue weighted by Gasteiger charge is 2.33. The summed E-state index contributed by atoms with van der Waals surface area (Å²) in [5.74, 6) is -0.389. The van der Waals surface area contributed by atoms with E-state index in [0.717, 1.165) is 29.6 Å². The number of benzene rings is 1. The van der Waals surface area contributed by atoms with Crippen molar-refractivity contribution in [3.63, 3.8) is 0 Å². The minimum Gasteiger partial charge on any atom is -0.465 e. The number of pyridine rings is 1. The molecule has 1 aliphatic rings. The molecule has 3 rings (SSSR count). The molecule has 0 amide bonds. The lowest BCUT2D eigenvalue weighted by Gasteiger charge is -2.37. The van der Waals surface area contributed by atoms with Crippen molar-refractivity contribution in [2.24, 2.45) is 0 Å². The van der Waals surface area contributed by atoms with Crippen LogP contribution in [0.1, 0.15) is 28.8 Å². The molecule has 0 bridgehead atoms. The first-order chi connectivity index (χ1) is 10.5. The monoisotopic (exact) mass is 300 g/mol. The van der Waals surface area contributed by atoms with Gasteiger partial charge in [-0.3, -0.25) is 4.98 Å². The maximum atomic E-state index is 11.9. The molecule has 5 heteroatoms. The number of piperidine rings is 1. The van der Waals surface area contributed by atoms with Crippen LogP contribution in [0, 0.1) is 0 Å². The summed E-state index contributed by atoms with van der Waals surface area (Å²) in [6, 6.07) is 7.28. The summed E-state index contributed by atoms with van der Waals surface area (Å²) < 4.78 is 4.83. The number of fused-ring (bicyclic) bond motifs is 1. The summed E-state index contributed by atoms with van der Waals surface area (Å²) in [4.78, 5) is 18.4. The van der Waals surface area contributed by atoms with Crippen LogP contribution >= 0.6 is 0 Å². The highest BCUT2D eigenvalue weighted by Crippen LogP contribution is 2.34. The molecule has 116 valence electrons. The number of carbonyl (C=O) groups excluding carboxylic acids is 1. The molecule has 1 saturated heterocycles. The van der Waals surface area contributed by atoms with E-state index >= 15 is 0 Å². The van der Waals surface area contributed by atoms with Gasteiger partial charge in [0.15, 0.2) is 0 Å². The fourth-order valence-corrected chi connectivity index (χ4v) is 3.00. The fourth-order valence-electron chi connectivity index (χ4n) is 3.00. The molecule has 0 atom stereocenters. The number of methoxy groups -OCH3 is 1. The molecule has 0 radical (unpaired) electrons. The molecular weight excluding hydrogens is 280 g/mol. The molecule has 1 aromatic heterocycles. The van der Waals surface area contributed by atoms with Crippen LogP contribution < -0.4 is 0 Å². The molecule has 1 aromatic carbocycles. The Morgan fingerprint density at radius 1 is 1.32 bits per heavy atom. The van der Waals surface area contributed by atoms with E-state index in [1.807, 2.05) is 18.2 Å². The van der Waals surface area contributed by atoms with E-state index in [0.29, 0.717) is 18.4 Å². The van der Waals surface area contributed by atoms with Crippen LogP contribution in [-0.4, -0.2) is 48.2 Å². The highest BCUT2D eigenvalue weighted by molar-refractivity contribution is 6.03. The van der Waals surface area contributed by atoms with E-state index in [2.05, 4.69) is 16.9 Å². The third kappa shape index (κ3) is 2.58. The number of aromatic nitrogens is 1. The summed E-state index contributed by atoms with van der Waals surface area (Å²) in [6.07, 6.45) is 2.96. The lowest BCUT2D eigenvalue weighted by molar-refractivity contribution is -0.0202. The summed E-state index contributed by atoms with van der Waals surface area (Å²) in [7, 11) is 3.42. The molecule has 0 aliphatic carbocycles. The number of esters is 1. The molecule has 1 N–H and O–H groups in total. The van der Waals surface area contributed by atoms with Crippen LogP contribution in [0.3, 0.4) is 0 Å². The maximum absolute atomic E-state index is 11.9. The number of carbonyl (C=O) groups is 1. The van der Waals surface area contributed by atoms with Crippen LogP contribution in [0.4, 0.5) is 0 Å². The van der Waals surface area contributed by atoms with E-state index < -0.39 is 5.60 Å². The zero-order valence-electron chi connectivity index (χ0n) is 12.9. The average molecular weight is 300 g/mol. The number of aliphatic hydroxyl groups is 1. The van der Waals surface area contributed by atoms with Gasteiger partial charge in [0.1, 0.15) is 0 Å². The van der Waals surface area contributed by atoms with Gasteiger partial charge in [0.2, 0.25) is 0 Å². The van der Waals surface area contributed by atoms with E-state index in [1.54, 1.807) is 12.3 Å². The van der Waals surface area contributed by atoms with Gasteiger partial charge in [-0.2, -0.15) is 0 Å². The first-order valence-corrected chi connectivity index (χ1v) is 7.42. The predicted octanol–water partition coefficient (Wildman–Crippen LogP) is 1.93. The lowest BCUT2D eigenvalue weighted by atomic mass is 9.84. The molecule has 2 aromatic rings. The molecule has 2 heterocycles. The standard InChI is InChI=1S/C17H20N2O3/c1-19-9-6-17(21,7-10-19)12-3-4-15-14(11-12)13(5-8-18-15)16(20)22-2/h3-5,8,11,21H,6-7,9-10H2,1-2H3.